The number of rotatable bonds is 19. The number of nitrogens with one attached hydrogen (secondary N) is 1. The number of aromatic nitrogens is 1. The van der Waals surface area contributed by atoms with Crippen LogP contribution in [0, 0.1) is 20.8 Å². The minimum atomic E-state index is -0.153. The van der Waals surface area contributed by atoms with Gasteiger partial charge in [0.15, 0.2) is 0 Å². The van der Waals surface area contributed by atoms with Crippen molar-refractivity contribution >= 4 is 11.6 Å². The van der Waals surface area contributed by atoms with E-state index in [9.17, 15) is 4.79 Å². The van der Waals surface area contributed by atoms with Crippen LogP contribution in [0.3, 0.4) is 0 Å². The number of aliphatic hydroxyl groups is 1. The lowest BCUT2D eigenvalue weighted by Crippen LogP contribution is -2.40. The fourth-order valence-electron chi connectivity index (χ4n) is 6.52. The van der Waals surface area contributed by atoms with E-state index in [0.717, 1.165) is 83.1 Å². The Morgan fingerprint density at radius 2 is 1.60 bits per heavy atom. The minimum Gasteiger partial charge on any atom is -0.491 e. The molecule has 0 radical (unpaired) electrons. The summed E-state index contributed by atoms with van der Waals surface area (Å²) in [5.74, 6) is 1.11. The Kier molecular flexibility index (Phi) is 14.9. The molecular formula is C42H53N3O7. The van der Waals surface area contributed by atoms with Crippen LogP contribution in [0.25, 0.3) is 11.1 Å². The summed E-state index contributed by atoms with van der Waals surface area (Å²) in [4.78, 5) is 21.3. The maximum absolute atomic E-state index is 14.2. The lowest BCUT2D eigenvalue weighted by atomic mass is 9.95. The predicted octanol–water partition coefficient (Wildman–Crippen LogP) is 6.59. The van der Waals surface area contributed by atoms with Crippen LogP contribution < -0.4 is 19.7 Å². The number of carbonyl (C=O) groups is 1. The molecular weight excluding hydrogens is 658 g/mol. The lowest BCUT2D eigenvalue weighted by molar-refractivity contribution is 0.0247. The van der Waals surface area contributed by atoms with E-state index in [0.29, 0.717) is 57.1 Å². The van der Waals surface area contributed by atoms with E-state index in [4.69, 9.17) is 33.8 Å². The zero-order valence-electron chi connectivity index (χ0n) is 31.0. The van der Waals surface area contributed by atoms with E-state index in [1.165, 1.54) is 0 Å². The first-order valence-electron chi connectivity index (χ1n) is 18.3. The average molecular weight is 712 g/mol. The van der Waals surface area contributed by atoms with Gasteiger partial charge in [0.25, 0.3) is 5.91 Å². The first-order chi connectivity index (χ1) is 25.4. The Morgan fingerprint density at radius 3 is 2.31 bits per heavy atom. The van der Waals surface area contributed by atoms with Gasteiger partial charge in [0.05, 0.1) is 33.0 Å². The largest absolute Gasteiger partial charge is 0.491 e. The molecule has 5 rings (SSSR count). The van der Waals surface area contributed by atoms with E-state index in [-0.39, 0.29) is 19.1 Å². The average Bonchev–Trinajstić information content (AvgIpc) is 3.16. The summed E-state index contributed by atoms with van der Waals surface area (Å²) in [6, 6.07) is 24.5. The van der Waals surface area contributed by atoms with Crippen molar-refractivity contribution in [2.75, 3.05) is 64.3 Å². The van der Waals surface area contributed by atoms with Crippen LogP contribution in [0.2, 0.25) is 0 Å². The van der Waals surface area contributed by atoms with Gasteiger partial charge in [-0.15, -0.1) is 0 Å². The van der Waals surface area contributed by atoms with Crippen molar-refractivity contribution in [1.82, 2.24) is 10.3 Å². The van der Waals surface area contributed by atoms with Crippen LogP contribution in [0.15, 0.2) is 72.8 Å². The summed E-state index contributed by atoms with van der Waals surface area (Å²) in [5.41, 5.74) is 8.34. The van der Waals surface area contributed by atoms with E-state index >= 15 is 0 Å². The number of aryl methyl sites for hydroxylation is 2. The van der Waals surface area contributed by atoms with Gasteiger partial charge in [-0.3, -0.25) is 4.79 Å². The molecule has 52 heavy (non-hydrogen) atoms. The number of carbonyl (C=O) groups excluding carboxylic acids is 1. The first-order valence-corrected chi connectivity index (χ1v) is 18.3. The van der Waals surface area contributed by atoms with Gasteiger partial charge < -0.3 is 39.0 Å². The molecule has 0 spiro atoms. The molecule has 1 aliphatic heterocycles. The molecule has 1 saturated heterocycles. The number of ether oxygens (including phenoxy) is 5. The van der Waals surface area contributed by atoms with Gasteiger partial charge in [-0.2, -0.15) is 0 Å². The molecule has 0 aliphatic carbocycles. The fraction of sp³-hybridized carbons (Fsp3) is 0.429. The minimum absolute atomic E-state index is 0.00247. The molecule has 2 heterocycles. The Hall–Kier alpha value is -4.48. The Morgan fingerprint density at radius 1 is 0.885 bits per heavy atom. The van der Waals surface area contributed by atoms with Crippen LogP contribution in [0.4, 0.5) is 5.69 Å². The van der Waals surface area contributed by atoms with Crippen molar-refractivity contribution in [2.45, 2.75) is 59.7 Å². The summed E-state index contributed by atoms with van der Waals surface area (Å²) in [6.45, 7) is 13.2. The van der Waals surface area contributed by atoms with Gasteiger partial charge in [0, 0.05) is 54.9 Å². The molecule has 10 nitrogen and oxygen atoms in total. The van der Waals surface area contributed by atoms with Gasteiger partial charge in [-0.25, -0.2) is 4.98 Å². The third-order valence-corrected chi connectivity index (χ3v) is 9.28. The molecule has 0 unspecified atom stereocenters. The highest BCUT2D eigenvalue weighted by atomic mass is 16.5. The molecule has 1 aromatic heterocycles. The summed E-state index contributed by atoms with van der Waals surface area (Å²) in [6.07, 6.45) is 1.88. The number of benzene rings is 3. The van der Waals surface area contributed by atoms with Crippen LogP contribution >= 0.6 is 0 Å². The number of anilines is 1. The van der Waals surface area contributed by atoms with Crippen molar-refractivity contribution in [3.63, 3.8) is 0 Å². The van der Waals surface area contributed by atoms with E-state index in [1.807, 2.05) is 87.5 Å². The molecule has 2 N–H and O–H groups in total. The van der Waals surface area contributed by atoms with Crippen molar-refractivity contribution in [2.24, 2.45) is 0 Å². The second-order valence-corrected chi connectivity index (χ2v) is 12.9. The smallest absolute Gasteiger partial charge is 0.251 e. The topological polar surface area (TPSA) is 112 Å². The third-order valence-electron chi connectivity index (χ3n) is 9.28. The molecule has 0 saturated carbocycles. The molecule has 10 heteroatoms. The molecule has 4 aromatic rings. The van der Waals surface area contributed by atoms with E-state index in [1.54, 1.807) is 0 Å². The van der Waals surface area contributed by atoms with Crippen molar-refractivity contribution in [3.8, 4) is 22.8 Å². The quantitative estimate of drug-likeness (QED) is 0.104. The molecule has 3 aromatic carbocycles. The van der Waals surface area contributed by atoms with Gasteiger partial charge in [-0.05, 0) is 98.7 Å². The normalized spacial score (nSPS) is 13.2. The van der Waals surface area contributed by atoms with Crippen molar-refractivity contribution in [3.05, 3.63) is 106 Å². The Bertz CT molecular complexity index is 1710. The second kappa shape index (κ2) is 19.9. The van der Waals surface area contributed by atoms with Gasteiger partial charge in [0.1, 0.15) is 19.0 Å². The van der Waals surface area contributed by atoms with Gasteiger partial charge in [-0.1, -0.05) is 42.5 Å². The first kappa shape index (κ1) is 38.7. The SMILES string of the molecule is CCN(c1cc(-c2ccc(OCCOCCOCCO)cc2)cc(C(=O)NCc2c(C)cc(C)nc2OCc2ccccc2)c1C)C1CCOCC1. The highest BCUT2D eigenvalue weighted by molar-refractivity contribution is 5.99. The summed E-state index contributed by atoms with van der Waals surface area (Å²) < 4.78 is 28.6. The molecule has 1 fully saturated rings. The van der Waals surface area contributed by atoms with E-state index < -0.39 is 0 Å². The van der Waals surface area contributed by atoms with E-state index in [2.05, 4.69) is 23.2 Å². The zero-order chi connectivity index (χ0) is 36.7. The number of nitrogens with zero attached hydrogens (tertiary/aromatic N) is 2. The monoisotopic (exact) mass is 711 g/mol. The molecule has 278 valence electrons. The molecule has 0 atom stereocenters. The maximum atomic E-state index is 14.2. The predicted molar refractivity (Wildman–Crippen MR) is 203 cm³/mol. The number of aliphatic hydroxyl groups excluding tert-OH is 1. The Labute approximate surface area is 308 Å². The molecule has 0 bridgehead atoms. The van der Waals surface area contributed by atoms with Crippen LogP contribution in [-0.4, -0.2) is 81.4 Å². The zero-order valence-corrected chi connectivity index (χ0v) is 31.0. The fourth-order valence-corrected chi connectivity index (χ4v) is 6.52. The molecule has 1 amide bonds. The third kappa shape index (κ3) is 10.8. The lowest BCUT2D eigenvalue weighted by Gasteiger charge is -2.37. The van der Waals surface area contributed by atoms with Crippen molar-refractivity contribution < 1.29 is 33.6 Å². The van der Waals surface area contributed by atoms with Crippen LogP contribution in [0.5, 0.6) is 11.6 Å². The van der Waals surface area contributed by atoms with Crippen LogP contribution in [0.1, 0.15) is 58.1 Å². The summed E-state index contributed by atoms with van der Waals surface area (Å²) >= 11 is 0. The number of hydrogen-bond donors (Lipinski definition) is 2. The van der Waals surface area contributed by atoms with Gasteiger partial charge >= 0.3 is 0 Å². The van der Waals surface area contributed by atoms with Crippen molar-refractivity contribution in [1.29, 1.82) is 0 Å². The van der Waals surface area contributed by atoms with Gasteiger partial charge in [0.2, 0.25) is 5.88 Å². The number of pyridine rings is 1. The highest BCUT2D eigenvalue weighted by Gasteiger charge is 2.25. The Balaban J connectivity index is 1.35. The summed E-state index contributed by atoms with van der Waals surface area (Å²) in [7, 11) is 0. The summed E-state index contributed by atoms with van der Waals surface area (Å²) in [5, 5.41) is 12.0. The number of amides is 1. The maximum Gasteiger partial charge on any atom is 0.251 e. The van der Waals surface area contributed by atoms with Crippen LogP contribution in [-0.2, 0) is 27.4 Å². The standard InChI is InChI=1S/C42H53N3O7/c1-5-45(36-15-18-48-19-16-36)40-27-35(34-11-13-37(14-12-34)51-24-23-50-22-21-49-20-17-46)26-38(32(40)4)41(47)43-28-39-30(2)25-31(3)44-42(39)52-29-33-9-7-6-8-10-33/h6-14,25-27,36,46H,5,15-24,28-29H2,1-4H3,(H,43,47). The molecule has 1 aliphatic rings. The number of hydrogen-bond acceptors (Lipinski definition) is 9. The highest BCUT2D eigenvalue weighted by Crippen LogP contribution is 2.34. The second-order valence-electron chi connectivity index (χ2n) is 12.9.